The number of rotatable bonds is 5. The Morgan fingerprint density at radius 1 is 1.15 bits per heavy atom. The standard InChI is InChI=1S/C18H17N3O5/c19-16-7-6-14(21(24)25)9-15(16)18(23)26-10-17(22)20-13-5-4-11-2-1-3-12(11)8-13/h4-9H,1-3,10,19H2,(H,20,22). The van der Waals surface area contributed by atoms with Crippen molar-refractivity contribution in [2.45, 2.75) is 19.3 Å². The average Bonchev–Trinajstić information content (AvgIpc) is 3.07. The Hall–Kier alpha value is -3.42. The Labute approximate surface area is 149 Å². The number of aryl methyl sites for hydroxylation is 2. The smallest absolute Gasteiger partial charge is 0.341 e. The van der Waals surface area contributed by atoms with Crippen LogP contribution in [-0.2, 0) is 22.4 Å². The van der Waals surface area contributed by atoms with E-state index in [9.17, 15) is 19.7 Å². The van der Waals surface area contributed by atoms with Gasteiger partial charge in [0, 0.05) is 23.5 Å². The minimum absolute atomic E-state index is 0.0413. The molecule has 134 valence electrons. The second-order valence-corrected chi connectivity index (χ2v) is 5.99. The molecule has 26 heavy (non-hydrogen) atoms. The average molecular weight is 355 g/mol. The molecule has 1 aliphatic rings. The third kappa shape index (κ3) is 3.80. The van der Waals surface area contributed by atoms with Crippen molar-refractivity contribution in [3.05, 3.63) is 63.2 Å². The van der Waals surface area contributed by atoms with Crippen molar-refractivity contribution in [2.75, 3.05) is 17.7 Å². The van der Waals surface area contributed by atoms with Gasteiger partial charge in [-0.15, -0.1) is 0 Å². The first-order valence-electron chi connectivity index (χ1n) is 8.07. The van der Waals surface area contributed by atoms with Crippen molar-refractivity contribution in [3.63, 3.8) is 0 Å². The summed E-state index contributed by atoms with van der Waals surface area (Å²) in [6, 6.07) is 9.17. The predicted molar refractivity (Wildman–Crippen MR) is 94.9 cm³/mol. The summed E-state index contributed by atoms with van der Waals surface area (Å²) < 4.78 is 4.92. The molecule has 0 radical (unpaired) electrons. The molecule has 0 aromatic heterocycles. The van der Waals surface area contributed by atoms with Gasteiger partial charge in [0.05, 0.1) is 10.5 Å². The highest BCUT2D eigenvalue weighted by Gasteiger charge is 2.18. The Morgan fingerprint density at radius 2 is 1.92 bits per heavy atom. The number of esters is 1. The number of hydrogen-bond donors (Lipinski definition) is 2. The first-order valence-corrected chi connectivity index (χ1v) is 8.07. The maximum atomic E-state index is 12.0. The van der Waals surface area contributed by atoms with Gasteiger partial charge in [-0.3, -0.25) is 14.9 Å². The molecule has 0 saturated heterocycles. The Balaban J connectivity index is 1.60. The van der Waals surface area contributed by atoms with Crippen molar-refractivity contribution >= 4 is 28.9 Å². The zero-order chi connectivity index (χ0) is 18.7. The summed E-state index contributed by atoms with van der Waals surface area (Å²) in [6.07, 6.45) is 3.14. The number of non-ortho nitro benzene ring substituents is 1. The maximum absolute atomic E-state index is 12.0. The number of ether oxygens (including phenoxy) is 1. The van der Waals surface area contributed by atoms with Gasteiger partial charge in [-0.2, -0.15) is 0 Å². The van der Waals surface area contributed by atoms with Crippen molar-refractivity contribution < 1.29 is 19.2 Å². The molecule has 3 rings (SSSR count). The topological polar surface area (TPSA) is 125 Å². The quantitative estimate of drug-likeness (QED) is 0.367. The van der Waals surface area contributed by atoms with Gasteiger partial charge in [0.25, 0.3) is 11.6 Å². The molecule has 8 nitrogen and oxygen atoms in total. The van der Waals surface area contributed by atoms with Crippen LogP contribution < -0.4 is 11.1 Å². The summed E-state index contributed by atoms with van der Waals surface area (Å²) in [5, 5.41) is 13.5. The second kappa shape index (κ2) is 7.22. The van der Waals surface area contributed by atoms with Gasteiger partial charge >= 0.3 is 5.97 Å². The van der Waals surface area contributed by atoms with Gasteiger partial charge in [-0.1, -0.05) is 6.07 Å². The van der Waals surface area contributed by atoms with Crippen LogP contribution in [0.4, 0.5) is 17.1 Å². The number of amides is 1. The largest absolute Gasteiger partial charge is 0.452 e. The number of benzene rings is 2. The number of nitro groups is 1. The van der Waals surface area contributed by atoms with Crippen molar-refractivity contribution in [1.82, 2.24) is 0 Å². The molecule has 0 unspecified atom stereocenters. The third-order valence-corrected chi connectivity index (χ3v) is 4.18. The highest BCUT2D eigenvalue weighted by atomic mass is 16.6. The summed E-state index contributed by atoms with van der Waals surface area (Å²) in [4.78, 5) is 34.2. The van der Waals surface area contributed by atoms with Gasteiger partial charge in [0.1, 0.15) is 0 Å². The lowest BCUT2D eigenvalue weighted by molar-refractivity contribution is -0.384. The van der Waals surface area contributed by atoms with E-state index in [1.165, 1.54) is 23.3 Å². The summed E-state index contributed by atoms with van der Waals surface area (Å²) in [6.45, 7) is -0.516. The fraction of sp³-hybridized carbons (Fsp3) is 0.222. The Kier molecular flexibility index (Phi) is 4.83. The number of carbonyl (C=O) groups is 2. The molecule has 0 saturated carbocycles. The number of hydrogen-bond acceptors (Lipinski definition) is 6. The molecule has 1 aliphatic carbocycles. The van der Waals surface area contributed by atoms with E-state index in [1.54, 1.807) is 0 Å². The molecule has 0 heterocycles. The minimum Gasteiger partial charge on any atom is -0.452 e. The SMILES string of the molecule is Nc1ccc([N+](=O)[O-])cc1C(=O)OCC(=O)Nc1ccc2c(c1)CCC2. The Bertz CT molecular complexity index is 894. The summed E-state index contributed by atoms with van der Waals surface area (Å²) in [7, 11) is 0. The highest BCUT2D eigenvalue weighted by molar-refractivity contribution is 5.98. The maximum Gasteiger partial charge on any atom is 0.341 e. The molecule has 0 fully saturated rings. The molecule has 0 atom stereocenters. The van der Waals surface area contributed by atoms with Crippen LogP contribution >= 0.6 is 0 Å². The number of nitrogens with zero attached hydrogens (tertiary/aromatic N) is 1. The minimum atomic E-state index is -0.893. The number of nitrogen functional groups attached to an aromatic ring is 1. The van der Waals surface area contributed by atoms with Crippen LogP contribution in [0.25, 0.3) is 0 Å². The van der Waals surface area contributed by atoms with Crippen LogP contribution in [-0.4, -0.2) is 23.4 Å². The van der Waals surface area contributed by atoms with Crippen molar-refractivity contribution in [2.24, 2.45) is 0 Å². The second-order valence-electron chi connectivity index (χ2n) is 5.99. The molecule has 0 spiro atoms. The van der Waals surface area contributed by atoms with Crippen LogP contribution in [0, 0.1) is 10.1 Å². The van der Waals surface area contributed by atoms with E-state index < -0.39 is 23.4 Å². The first-order chi connectivity index (χ1) is 12.4. The molecule has 2 aromatic carbocycles. The lowest BCUT2D eigenvalue weighted by atomic mass is 10.1. The van der Waals surface area contributed by atoms with Crippen LogP contribution in [0.1, 0.15) is 27.9 Å². The molecule has 8 heteroatoms. The van der Waals surface area contributed by atoms with Crippen LogP contribution in [0.3, 0.4) is 0 Å². The number of nitrogens with two attached hydrogens (primary N) is 1. The summed E-state index contributed by atoms with van der Waals surface area (Å²) >= 11 is 0. The number of nitro benzene ring substituents is 1. The van der Waals surface area contributed by atoms with E-state index in [0.717, 1.165) is 25.3 Å². The van der Waals surface area contributed by atoms with Gasteiger partial charge in [-0.05, 0) is 48.6 Å². The fourth-order valence-electron chi connectivity index (χ4n) is 2.89. The van der Waals surface area contributed by atoms with E-state index in [1.807, 2.05) is 18.2 Å². The number of carbonyl (C=O) groups excluding carboxylic acids is 2. The van der Waals surface area contributed by atoms with Crippen LogP contribution in [0.2, 0.25) is 0 Å². The zero-order valence-electron chi connectivity index (χ0n) is 13.9. The van der Waals surface area contributed by atoms with Crippen molar-refractivity contribution in [3.8, 4) is 0 Å². The van der Waals surface area contributed by atoms with E-state index in [-0.39, 0.29) is 16.9 Å². The van der Waals surface area contributed by atoms with Gasteiger partial charge in [0.2, 0.25) is 0 Å². The fourth-order valence-corrected chi connectivity index (χ4v) is 2.89. The molecular weight excluding hydrogens is 338 g/mol. The van der Waals surface area contributed by atoms with Gasteiger partial charge < -0.3 is 15.8 Å². The number of fused-ring (bicyclic) bond motifs is 1. The number of nitrogens with one attached hydrogen (secondary N) is 1. The van der Waals surface area contributed by atoms with Crippen LogP contribution in [0.5, 0.6) is 0 Å². The monoisotopic (exact) mass is 355 g/mol. The van der Waals surface area contributed by atoms with Gasteiger partial charge in [-0.25, -0.2) is 4.79 Å². The van der Waals surface area contributed by atoms with Gasteiger partial charge in [0.15, 0.2) is 6.61 Å². The van der Waals surface area contributed by atoms with E-state index >= 15 is 0 Å². The summed E-state index contributed by atoms with van der Waals surface area (Å²) in [5.74, 6) is -1.39. The lowest BCUT2D eigenvalue weighted by Gasteiger charge is -2.09. The van der Waals surface area contributed by atoms with Crippen LogP contribution in [0.15, 0.2) is 36.4 Å². The molecule has 1 amide bonds. The van der Waals surface area contributed by atoms with Crippen molar-refractivity contribution in [1.29, 1.82) is 0 Å². The Morgan fingerprint density at radius 3 is 2.69 bits per heavy atom. The third-order valence-electron chi connectivity index (χ3n) is 4.18. The van der Waals surface area contributed by atoms with E-state index in [0.29, 0.717) is 5.69 Å². The normalized spacial score (nSPS) is 12.3. The number of anilines is 2. The summed E-state index contributed by atoms with van der Waals surface area (Å²) in [5.41, 5.74) is 8.40. The van der Waals surface area contributed by atoms with E-state index in [4.69, 9.17) is 10.5 Å². The molecule has 0 aliphatic heterocycles. The lowest BCUT2D eigenvalue weighted by Crippen LogP contribution is -2.21. The predicted octanol–water partition coefficient (Wildman–Crippen LogP) is 2.46. The molecular formula is C18H17N3O5. The van der Waals surface area contributed by atoms with E-state index in [2.05, 4.69) is 5.32 Å². The molecule has 3 N–H and O–H groups in total. The highest BCUT2D eigenvalue weighted by Crippen LogP contribution is 2.25. The molecule has 2 aromatic rings. The molecule has 0 bridgehead atoms. The zero-order valence-corrected chi connectivity index (χ0v) is 13.9. The first kappa shape index (κ1) is 17.4.